The number of aromatic nitrogens is 3. The highest BCUT2D eigenvalue weighted by atomic mass is 16.3. The summed E-state index contributed by atoms with van der Waals surface area (Å²) in [5.41, 5.74) is 7.16. The molecule has 5 heteroatoms. The number of hydrogen-bond donors (Lipinski definition) is 2. The van der Waals surface area contributed by atoms with Crippen LogP contribution < -0.4 is 5.73 Å². The summed E-state index contributed by atoms with van der Waals surface area (Å²) in [7, 11) is 0. The minimum atomic E-state index is -0.782. The number of nitrogens with two attached hydrogens (primary N) is 1. The molecule has 0 radical (unpaired) electrons. The Hall–Kier alpha value is -1.46. The van der Waals surface area contributed by atoms with Gasteiger partial charge in [0.05, 0.1) is 0 Å². The zero-order valence-corrected chi connectivity index (χ0v) is 7.88. The van der Waals surface area contributed by atoms with E-state index in [2.05, 4.69) is 10.1 Å². The second-order valence-corrected chi connectivity index (χ2v) is 3.23. The molecular weight excluding hydrogens is 180 g/mol. The predicted molar refractivity (Wildman–Crippen MR) is 51.7 cm³/mol. The lowest BCUT2D eigenvalue weighted by Crippen LogP contribution is -2.13. The first-order chi connectivity index (χ1) is 6.70. The molecule has 0 amide bonds. The van der Waals surface area contributed by atoms with Crippen LogP contribution in [0.4, 0.5) is 0 Å². The number of nitrogens with zero attached hydrogens (tertiary/aromatic N) is 3. The Bertz CT molecular complexity index is 451. The summed E-state index contributed by atoms with van der Waals surface area (Å²) in [4.78, 5) is 4.17. The fraction of sp³-hybridized carbons (Fsp3) is 0.333. The Morgan fingerprint density at radius 2 is 2.43 bits per heavy atom. The van der Waals surface area contributed by atoms with Crippen molar-refractivity contribution in [1.82, 2.24) is 14.6 Å². The van der Waals surface area contributed by atoms with Gasteiger partial charge in [-0.1, -0.05) is 0 Å². The second kappa shape index (κ2) is 3.36. The van der Waals surface area contributed by atoms with E-state index in [1.165, 1.54) is 0 Å². The molecule has 14 heavy (non-hydrogen) atoms. The van der Waals surface area contributed by atoms with E-state index in [0.717, 1.165) is 11.2 Å². The maximum atomic E-state index is 9.44. The Balaban J connectivity index is 2.51. The van der Waals surface area contributed by atoms with E-state index in [4.69, 9.17) is 5.73 Å². The molecule has 5 nitrogen and oxygen atoms in total. The topological polar surface area (TPSA) is 76.4 Å². The molecule has 0 fully saturated rings. The molecule has 74 valence electrons. The lowest BCUT2D eigenvalue weighted by molar-refractivity contribution is 0.177. The summed E-state index contributed by atoms with van der Waals surface area (Å²) in [5, 5.41) is 13.5. The number of rotatable bonds is 2. The molecular formula is C9H12N4O. The highest BCUT2D eigenvalue weighted by Gasteiger charge is 2.11. The van der Waals surface area contributed by atoms with E-state index in [9.17, 15) is 5.11 Å². The molecule has 0 aliphatic rings. The fourth-order valence-electron chi connectivity index (χ4n) is 1.25. The van der Waals surface area contributed by atoms with E-state index < -0.39 is 6.10 Å². The molecule has 0 aliphatic heterocycles. The van der Waals surface area contributed by atoms with Gasteiger partial charge in [0.25, 0.3) is 0 Å². The molecule has 2 aromatic rings. The van der Waals surface area contributed by atoms with Gasteiger partial charge >= 0.3 is 0 Å². The first-order valence-electron chi connectivity index (χ1n) is 4.42. The Morgan fingerprint density at radius 3 is 3.14 bits per heavy atom. The Labute approximate surface area is 81.2 Å². The van der Waals surface area contributed by atoms with Gasteiger partial charge in [0.1, 0.15) is 6.10 Å². The quantitative estimate of drug-likeness (QED) is 0.703. The number of aryl methyl sites for hydroxylation is 1. The van der Waals surface area contributed by atoms with Crippen molar-refractivity contribution in [2.24, 2.45) is 5.73 Å². The highest BCUT2D eigenvalue weighted by Crippen LogP contribution is 2.09. The number of hydrogen-bond acceptors (Lipinski definition) is 4. The predicted octanol–water partition coefficient (Wildman–Crippen LogP) is 0.0298. The minimum Gasteiger partial charge on any atom is -0.384 e. The van der Waals surface area contributed by atoms with E-state index >= 15 is 0 Å². The van der Waals surface area contributed by atoms with Crippen molar-refractivity contribution in [2.45, 2.75) is 13.0 Å². The lowest BCUT2D eigenvalue weighted by Gasteiger charge is -1.98. The molecule has 2 aromatic heterocycles. The molecule has 2 rings (SSSR count). The van der Waals surface area contributed by atoms with Crippen LogP contribution in [-0.4, -0.2) is 26.2 Å². The van der Waals surface area contributed by atoms with Gasteiger partial charge < -0.3 is 10.8 Å². The third-order valence-corrected chi connectivity index (χ3v) is 2.03. The summed E-state index contributed by atoms with van der Waals surface area (Å²) in [6, 6.07) is 3.83. The monoisotopic (exact) mass is 192 g/mol. The summed E-state index contributed by atoms with van der Waals surface area (Å²) in [5.74, 6) is 0.373. The Kier molecular flexibility index (Phi) is 2.18. The van der Waals surface area contributed by atoms with Crippen molar-refractivity contribution in [3.63, 3.8) is 0 Å². The summed E-state index contributed by atoms with van der Waals surface area (Å²) in [6.45, 7) is 2.11. The van der Waals surface area contributed by atoms with E-state index in [-0.39, 0.29) is 6.54 Å². The van der Waals surface area contributed by atoms with Crippen molar-refractivity contribution < 1.29 is 5.11 Å². The third-order valence-electron chi connectivity index (χ3n) is 2.03. The van der Waals surface area contributed by atoms with Crippen LogP contribution in [0, 0.1) is 6.92 Å². The van der Waals surface area contributed by atoms with Crippen LogP contribution in [0.15, 0.2) is 18.3 Å². The molecule has 0 bridgehead atoms. The van der Waals surface area contributed by atoms with Gasteiger partial charge in [0.15, 0.2) is 11.5 Å². The van der Waals surface area contributed by atoms with Crippen molar-refractivity contribution in [3.8, 4) is 0 Å². The first-order valence-corrected chi connectivity index (χ1v) is 4.42. The second-order valence-electron chi connectivity index (χ2n) is 3.23. The van der Waals surface area contributed by atoms with Gasteiger partial charge in [-0.25, -0.2) is 9.50 Å². The van der Waals surface area contributed by atoms with Gasteiger partial charge in [-0.2, -0.15) is 0 Å². The fourth-order valence-corrected chi connectivity index (χ4v) is 1.25. The smallest absolute Gasteiger partial charge is 0.181 e. The average molecular weight is 192 g/mol. The van der Waals surface area contributed by atoms with Gasteiger partial charge in [-0.3, -0.25) is 0 Å². The minimum absolute atomic E-state index is 0.135. The summed E-state index contributed by atoms with van der Waals surface area (Å²) >= 11 is 0. The van der Waals surface area contributed by atoms with Crippen LogP contribution in [0.5, 0.6) is 0 Å². The number of fused-ring (bicyclic) bond motifs is 1. The number of pyridine rings is 1. The standard InChI is InChI=1S/C9H12N4O/c1-6-2-3-13-8(4-6)11-9(12-13)7(14)5-10/h2-4,7,14H,5,10H2,1H3. The van der Waals surface area contributed by atoms with Crippen LogP contribution in [0.25, 0.3) is 5.65 Å². The lowest BCUT2D eigenvalue weighted by atomic mass is 10.3. The Morgan fingerprint density at radius 1 is 1.64 bits per heavy atom. The van der Waals surface area contributed by atoms with Crippen molar-refractivity contribution in [3.05, 3.63) is 29.7 Å². The first kappa shape index (κ1) is 9.11. The molecule has 1 atom stereocenters. The van der Waals surface area contributed by atoms with Crippen molar-refractivity contribution in [2.75, 3.05) is 6.54 Å². The third kappa shape index (κ3) is 1.47. The van der Waals surface area contributed by atoms with Gasteiger partial charge in [0.2, 0.25) is 0 Å². The molecule has 0 saturated heterocycles. The normalized spacial score (nSPS) is 13.4. The van der Waals surface area contributed by atoms with Crippen LogP contribution in [0.1, 0.15) is 17.5 Å². The maximum Gasteiger partial charge on any atom is 0.181 e. The molecule has 3 N–H and O–H groups in total. The number of aliphatic hydroxyl groups excluding tert-OH is 1. The van der Waals surface area contributed by atoms with E-state index in [1.807, 2.05) is 25.3 Å². The van der Waals surface area contributed by atoms with Gasteiger partial charge in [-0.15, -0.1) is 5.10 Å². The molecule has 0 aliphatic carbocycles. The summed E-state index contributed by atoms with van der Waals surface area (Å²) in [6.07, 6.45) is 1.03. The van der Waals surface area contributed by atoms with Crippen LogP contribution in [-0.2, 0) is 0 Å². The highest BCUT2D eigenvalue weighted by molar-refractivity contribution is 5.40. The zero-order valence-electron chi connectivity index (χ0n) is 7.88. The van der Waals surface area contributed by atoms with Crippen molar-refractivity contribution >= 4 is 5.65 Å². The average Bonchev–Trinajstić information content (AvgIpc) is 2.59. The van der Waals surface area contributed by atoms with Crippen molar-refractivity contribution in [1.29, 1.82) is 0 Å². The van der Waals surface area contributed by atoms with E-state index in [1.54, 1.807) is 4.52 Å². The number of aliphatic hydroxyl groups is 1. The van der Waals surface area contributed by atoms with Crippen LogP contribution in [0.2, 0.25) is 0 Å². The molecule has 0 aromatic carbocycles. The van der Waals surface area contributed by atoms with Gasteiger partial charge in [-0.05, 0) is 24.6 Å². The molecule has 2 heterocycles. The molecule has 0 saturated carbocycles. The molecule has 1 unspecified atom stereocenters. The molecule has 0 spiro atoms. The SMILES string of the molecule is Cc1ccn2nc(C(O)CN)nc2c1. The van der Waals surface area contributed by atoms with E-state index in [0.29, 0.717) is 5.82 Å². The zero-order chi connectivity index (χ0) is 10.1. The van der Waals surface area contributed by atoms with Crippen LogP contribution >= 0.6 is 0 Å². The van der Waals surface area contributed by atoms with Crippen LogP contribution in [0.3, 0.4) is 0 Å². The maximum absolute atomic E-state index is 9.44. The van der Waals surface area contributed by atoms with Gasteiger partial charge in [0, 0.05) is 12.7 Å². The summed E-state index contributed by atoms with van der Waals surface area (Å²) < 4.78 is 1.63. The largest absolute Gasteiger partial charge is 0.384 e.